The molecule has 0 saturated heterocycles. The van der Waals surface area contributed by atoms with Crippen LogP contribution in [0.15, 0.2) is 36.4 Å². The van der Waals surface area contributed by atoms with E-state index in [1.807, 2.05) is 12.1 Å². The number of rotatable bonds is 5. The van der Waals surface area contributed by atoms with Gasteiger partial charge in [0.1, 0.15) is 13.2 Å². The summed E-state index contributed by atoms with van der Waals surface area (Å²) in [6.07, 6.45) is 0.174. The SMILES string of the molecule is O=C(CCNc1ccc2c(c1)OCCO2)Nc1ccc(F)c(F)c1. The van der Waals surface area contributed by atoms with Crippen molar-refractivity contribution in [1.82, 2.24) is 0 Å². The van der Waals surface area contributed by atoms with Crippen molar-refractivity contribution in [3.8, 4) is 11.5 Å². The molecule has 1 heterocycles. The molecular weight excluding hydrogens is 318 g/mol. The predicted molar refractivity (Wildman–Crippen MR) is 85.5 cm³/mol. The fourth-order valence-electron chi connectivity index (χ4n) is 2.27. The van der Waals surface area contributed by atoms with Crippen molar-refractivity contribution >= 4 is 17.3 Å². The van der Waals surface area contributed by atoms with Gasteiger partial charge in [-0.05, 0) is 24.3 Å². The van der Waals surface area contributed by atoms with Gasteiger partial charge in [-0.1, -0.05) is 0 Å². The third kappa shape index (κ3) is 3.92. The fourth-order valence-corrected chi connectivity index (χ4v) is 2.27. The van der Waals surface area contributed by atoms with Crippen LogP contribution >= 0.6 is 0 Å². The summed E-state index contributed by atoms with van der Waals surface area (Å²) in [6.45, 7) is 1.42. The van der Waals surface area contributed by atoms with Crippen LogP contribution in [0.3, 0.4) is 0 Å². The average molecular weight is 334 g/mol. The van der Waals surface area contributed by atoms with Gasteiger partial charge in [0.25, 0.3) is 0 Å². The Kier molecular flexibility index (Phi) is 4.79. The van der Waals surface area contributed by atoms with Gasteiger partial charge in [-0.15, -0.1) is 0 Å². The second-order valence-electron chi connectivity index (χ2n) is 5.21. The van der Waals surface area contributed by atoms with Gasteiger partial charge in [-0.3, -0.25) is 4.79 Å². The first-order valence-electron chi connectivity index (χ1n) is 7.50. The largest absolute Gasteiger partial charge is 0.486 e. The van der Waals surface area contributed by atoms with Crippen LogP contribution in [-0.4, -0.2) is 25.7 Å². The standard InChI is InChI=1S/C17H16F2N2O3/c18-13-3-1-12(9-14(13)19)21-17(22)5-6-20-11-2-4-15-16(10-11)24-8-7-23-15/h1-4,9-10,20H,5-8H2,(H,21,22). The topological polar surface area (TPSA) is 59.6 Å². The highest BCUT2D eigenvalue weighted by Crippen LogP contribution is 2.32. The van der Waals surface area contributed by atoms with Gasteiger partial charge in [-0.2, -0.15) is 0 Å². The van der Waals surface area contributed by atoms with E-state index in [4.69, 9.17) is 9.47 Å². The fraction of sp³-hybridized carbons (Fsp3) is 0.235. The highest BCUT2D eigenvalue weighted by atomic mass is 19.2. The second kappa shape index (κ2) is 7.16. The van der Waals surface area contributed by atoms with Gasteiger partial charge in [0, 0.05) is 36.5 Å². The molecule has 0 radical (unpaired) electrons. The second-order valence-corrected chi connectivity index (χ2v) is 5.21. The first-order chi connectivity index (χ1) is 11.6. The van der Waals surface area contributed by atoms with E-state index in [2.05, 4.69) is 10.6 Å². The molecular formula is C17H16F2N2O3. The van der Waals surface area contributed by atoms with E-state index in [0.29, 0.717) is 31.3 Å². The van der Waals surface area contributed by atoms with Crippen molar-refractivity contribution in [2.45, 2.75) is 6.42 Å². The van der Waals surface area contributed by atoms with Crippen molar-refractivity contribution in [3.05, 3.63) is 48.0 Å². The highest BCUT2D eigenvalue weighted by Gasteiger charge is 2.12. The number of benzene rings is 2. The maximum Gasteiger partial charge on any atom is 0.226 e. The molecule has 3 rings (SSSR count). The number of fused-ring (bicyclic) bond motifs is 1. The molecule has 1 aliphatic rings. The van der Waals surface area contributed by atoms with Crippen LogP contribution < -0.4 is 20.1 Å². The van der Waals surface area contributed by atoms with Gasteiger partial charge in [0.2, 0.25) is 5.91 Å². The maximum atomic E-state index is 13.1. The van der Waals surface area contributed by atoms with E-state index in [1.54, 1.807) is 6.07 Å². The van der Waals surface area contributed by atoms with Crippen molar-refractivity contribution in [1.29, 1.82) is 0 Å². The molecule has 0 aromatic heterocycles. The Hall–Kier alpha value is -2.83. The van der Waals surface area contributed by atoms with Gasteiger partial charge in [0.05, 0.1) is 0 Å². The summed E-state index contributed by atoms with van der Waals surface area (Å²) in [4.78, 5) is 11.8. The number of amides is 1. The number of carbonyl (C=O) groups excluding carboxylic acids is 1. The van der Waals surface area contributed by atoms with Crippen molar-refractivity contribution in [2.24, 2.45) is 0 Å². The molecule has 2 aromatic carbocycles. The van der Waals surface area contributed by atoms with Crippen LogP contribution in [0.25, 0.3) is 0 Å². The third-order valence-electron chi connectivity index (χ3n) is 3.43. The number of ether oxygens (including phenoxy) is 2. The Bertz CT molecular complexity index is 753. The normalized spacial score (nSPS) is 12.6. The molecule has 24 heavy (non-hydrogen) atoms. The zero-order valence-corrected chi connectivity index (χ0v) is 12.8. The molecule has 1 aliphatic heterocycles. The van der Waals surface area contributed by atoms with Gasteiger partial charge >= 0.3 is 0 Å². The Labute approximate surface area is 137 Å². The molecule has 0 unspecified atom stereocenters. The lowest BCUT2D eigenvalue weighted by molar-refractivity contribution is -0.115. The predicted octanol–water partition coefficient (Wildman–Crippen LogP) is 3.18. The zero-order valence-electron chi connectivity index (χ0n) is 12.8. The maximum absolute atomic E-state index is 13.1. The number of hydrogen-bond donors (Lipinski definition) is 2. The summed E-state index contributed by atoms with van der Waals surface area (Å²) < 4.78 is 36.8. The van der Waals surface area contributed by atoms with E-state index in [-0.39, 0.29) is 18.0 Å². The van der Waals surface area contributed by atoms with Gasteiger partial charge in [0.15, 0.2) is 23.1 Å². The smallest absolute Gasteiger partial charge is 0.226 e. The first-order valence-corrected chi connectivity index (χ1v) is 7.50. The molecule has 0 spiro atoms. The lowest BCUT2D eigenvalue weighted by Crippen LogP contribution is -2.17. The summed E-state index contributed by atoms with van der Waals surface area (Å²) in [5.74, 6) is -0.887. The lowest BCUT2D eigenvalue weighted by Gasteiger charge is -2.19. The molecule has 0 aliphatic carbocycles. The number of halogens is 2. The first kappa shape index (κ1) is 16.0. The van der Waals surface area contributed by atoms with Crippen LogP contribution in [-0.2, 0) is 4.79 Å². The summed E-state index contributed by atoms with van der Waals surface area (Å²) in [5.41, 5.74) is 1.03. The van der Waals surface area contributed by atoms with E-state index >= 15 is 0 Å². The molecule has 126 valence electrons. The molecule has 7 heteroatoms. The molecule has 2 N–H and O–H groups in total. The molecule has 0 fully saturated rings. The minimum absolute atomic E-state index is 0.174. The van der Waals surface area contributed by atoms with Gasteiger partial charge < -0.3 is 20.1 Å². The van der Waals surface area contributed by atoms with Gasteiger partial charge in [-0.25, -0.2) is 8.78 Å². The lowest BCUT2D eigenvalue weighted by atomic mass is 10.2. The minimum Gasteiger partial charge on any atom is -0.486 e. The van der Waals surface area contributed by atoms with E-state index < -0.39 is 11.6 Å². The third-order valence-corrected chi connectivity index (χ3v) is 3.43. The monoisotopic (exact) mass is 334 g/mol. The van der Waals surface area contributed by atoms with Crippen LogP contribution in [0.2, 0.25) is 0 Å². The van der Waals surface area contributed by atoms with Crippen molar-refractivity contribution < 1.29 is 23.0 Å². The van der Waals surface area contributed by atoms with Crippen molar-refractivity contribution in [2.75, 3.05) is 30.4 Å². The summed E-state index contributed by atoms with van der Waals surface area (Å²) in [7, 11) is 0. The Balaban J connectivity index is 1.49. The zero-order chi connectivity index (χ0) is 16.9. The molecule has 5 nitrogen and oxygen atoms in total. The van der Waals surface area contributed by atoms with Crippen molar-refractivity contribution in [3.63, 3.8) is 0 Å². The Morgan fingerprint density at radius 1 is 0.958 bits per heavy atom. The molecule has 1 amide bonds. The van der Waals surface area contributed by atoms with Crippen LogP contribution in [0.4, 0.5) is 20.2 Å². The van der Waals surface area contributed by atoms with E-state index in [9.17, 15) is 13.6 Å². The summed E-state index contributed by atoms with van der Waals surface area (Å²) in [5, 5.41) is 5.62. The van der Waals surface area contributed by atoms with E-state index in [0.717, 1.165) is 17.8 Å². The van der Waals surface area contributed by atoms with Crippen LogP contribution in [0.1, 0.15) is 6.42 Å². The number of carbonyl (C=O) groups is 1. The van der Waals surface area contributed by atoms with E-state index in [1.165, 1.54) is 6.07 Å². The highest BCUT2D eigenvalue weighted by molar-refractivity contribution is 5.90. The summed E-state index contributed by atoms with van der Waals surface area (Å²) >= 11 is 0. The van der Waals surface area contributed by atoms with Crippen LogP contribution in [0, 0.1) is 11.6 Å². The Morgan fingerprint density at radius 2 is 1.71 bits per heavy atom. The molecule has 0 saturated carbocycles. The average Bonchev–Trinajstić information content (AvgIpc) is 2.58. The minimum atomic E-state index is -0.998. The van der Waals surface area contributed by atoms with Crippen LogP contribution in [0.5, 0.6) is 11.5 Å². The number of nitrogens with one attached hydrogen (secondary N) is 2. The molecule has 2 aromatic rings. The quantitative estimate of drug-likeness (QED) is 0.882. The summed E-state index contributed by atoms with van der Waals surface area (Å²) in [6, 6.07) is 8.67. The molecule has 0 bridgehead atoms. The number of hydrogen-bond acceptors (Lipinski definition) is 4. The molecule has 0 atom stereocenters. The number of anilines is 2. The Morgan fingerprint density at radius 3 is 2.50 bits per heavy atom.